The van der Waals surface area contributed by atoms with Gasteiger partial charge in [-0.15, -0.1) is 0 Å². The second-order valence-corrected chi connectivity index (χ2v) is 8.19. The fourth-order valence-electron chi connectivity index (χ4n) is 4.06. The van der Waals surface area contributed by atoms with Gasteiger partial charge in [-0.3, -0.25) is 9.69 Å². The summed E-state index contributed by atoms with van der Waals surface area (Å²) in [5.41, 5.74) is 0. The van der Waals surface area contributed by atoms with Crippen LogP contribution < -0.4 is 5.32 Å². The predicted molar refractivity (Wildman–Crippen MR) is 100 cm³/mol. The Hall–Kier alpha value is -1.34. The molecule has 150 valence electrons. The molecule has 0 aromatic heterocycles. The van der Waals surface area contributed by atoms with Crippen molar-refractivity contribution in [3.8, 4) is 0 Å². The van der Waals surface area contributed by atoms with Gasteiger partial charge in [0.15, 0.2) is 0 Å². The summed E-state index contributed by atoms with van der Waals surface area (Å²) < 4.78 is 5.70. The van der Waals surface area contributed by atoms with E-state index in [2.05, 4.69) is 19.2 Å². The molecule has 7 nitrogen and oxygen atoms in total. The van der Waals surface area contributed by atoms with Crippen molar-refractivity contribution in [3.05, 3.63) is 0 Å². The van der Waals surface area contributed by atoms with Crippen LogP contribution in [0.3, 0.4) is 0 Å². The Morgan fingerprint density at radius 3 is 2.73 bits per heavy atom. The molecular formula is C19H35N3O4. The SMILES string of the molecule is CC(C)C1CCCC(NC(=O)N2CCOC(CN(C)CC(=O)O)C2)CC1. The number of carboxylic acids is 1. The quantitative estimate of drug-likeness (QED) is 0.700. The maximum Gasteiger partial charge on any atom is 0.317 e. The van der Waals surface area contributed by atoms with Crippen LogP contribution in [0, 0.1) is 11.8 Å². The number of rotatable bonds is 6. The van der Waals surface area contributed by atoms with Crippen LogP contribution in [0.4, 0.5) is 4.79 Å². The molecule has 1 aliphatic carbocycles. The van der Waals surface area contributed by atoms with Gasteiger partial charge in [0, 0.05) is 25.7 Å². The molecule has 0 bridgehead atoms. The standard InChI is InChI=1S/C19H35N3O4/c1-14(2)15-5-4-6-16(8-7-15)20-19(25)22-9-10-26-17(12-22)11-21(3)13-18(23)24/h14-17H,4-13H2,1-3H3,(H,20,25)(H,23,24). The van der Waals surface area contributed by atoms with E-state index < -0.39 is 5.97 Å². The molecule has 0 radical (unpaired) electrons. The monoisotopic (exact) mass is 369 g/mol. The molecule has 1 saturated carbocycles. The van der Waals surface area contributed by atoms with Gasteiger partial charge in [0.1, 0.15) is 0 Å². The topological polar surface area (TPSA) is 82.1 Å². The third kappa shape index (κ3) is 6.76. The van der Waals surface area contributed by atoms with Gasteiger partial charge in [-0.2, -0.15) is 0 Å². The van der Waals surface area contributed by atoms with Gasteiger partial charge >= 0.3 is 12.0 Å². The minimum Gasteiger partial charge on any atom is -0.480 e. The summed E-state index contributed by atoms with van der Waals surface area (Å²) in [6.07, 6.45) is 5.61. The number of carboxylic acid groups (broad SMARTS) is 1. The third-order valence-corrected chi connectivity index (χ3v) is 5.63. The zero-order valence-electron chi connectivity index (χ0n) is 16.4. The Kier molecular flexibility index (Phi) is 8.15. The van der Waals surface area contributed by atoms with Crippen LogP contribution in [0.25, 0.3) is 0 Å². The second-order valence-electron chi connectivity index (χ2n) is 8.19. The van der Waals surface area contributed by atoms with E-state index >= 15 is 0 Å². The van der Waals surface area contributed by atoms with Gasteiger partial charge in [0.25, 0.3) is 0 Å². The Bertz CT molecular complexity index is 472. The first-order chi connectivity index (χ1) is 12.3. The van der Waals surface area contributed by atoms with Gasteiger partial charge in [-0.25, -0.2) is 4.79 Å². The van der Waals surface area contributed by atoms with E-state index in [0.717, 1.165) is 18.8 Å². The molecule has 0 aromatic rings. The highest BCUT2D eigenvalue weighted by molar-refractivity contribution is 5.74. The predicted octanol–water partition coefficient (Wildman–Crippen LogP) is 2.02. The van der Waals surface area contributed by atoms with Crippen molar-refractivity contribution in [2.45, 2.75) is 58.1 Å². The molecule has 1 aliphatic heterocycles. The summed E-state index contributed by atoms with van der Waals surface area (Å²) in [5, 5.41) is 12.1. The maximum absolute atomic E-state index is 12.7. The Labute approximate surface area is 157 Å². The zero-order chi connectivity index (χ0) is 19.1. The number of likely N-dealkylation sites (N-methyl/N-ethyl adjacent to an activating group) is 1. The first-order valence-corrected chi connectivity index (χ1v) is 9.92. The Morgan fingerprint density at radius 2 is 2.04 bits per heavy atom. The molecule has 26 heavy (non-hydrogen) atoms. The van der Waals surface area contributed by atoms with Crippen molar-refractivity contribution in [1.82, 2.24) is 15.1 Å². The minimum atomic E-state index is -0.856. The lowest BCUT2D eigenvalue weighted by molar-refractivity contribution is -0.138. The van der Waals surface area contributed by atoms with Gasteiger partial charge in [0.2, 0.25) is 0 Å². The molecule has 2 rings (SSSR count). The summed E-state index contributed by atoms with van der Waals surface area (Å²) in [7, 11) is 1.76. The Morgan fingerprint density at radius 1 is 1.27 bits per heavy atom. The first kappa shape index (κ1) is 21.0. The number of ether oxygens (including phenoxy) is 1. The smallest absolute Gasteiger partial charge is 0.317 e. The molecule has 3 atom stereocenters. The molecule has 1 saturated heterocycles. The molecule has 2 N–H and O–H groups in total. The second kappa shape index (κ2) is 10.1. The normalized spacial score (nSPS) is 27.4. The van der Waals surface area contributed by atoms with E-state index in [1.54, 1.807) is 11.9 Å². The summed E-state index contributed by atoms with van der Waals surface area (Å²) in [4.78, 5) is 27.0. The number of urea groups is 1. The van der Waals surface area contributed by atoms with Crippen LogP contribution >= 0.6 is 0 Å². The molecule has 0 spiro atoms. The summed E-state index contributed by atoms with van der Waals surface area (Å²) >= 11 is 0. The number of carbonyl (C=O) groups excluding carboxylic acids is 1. The number of nitrogens with one attached hydrogen (secondary N) is 1. The van der Waals surface area contributed by atoms with Crippen LogP contribution in [-0.2, 0) is 9.53 Å². The van der Waals surface area contributed by atoms with Crippen molar-refractivity contribution in [2.24, 2.45) is 11.8 Å². The lowest BCUT2D eigenvalue weighted by atomic mass is 9.89. The highest BCUT2D eigenvalue weighted by Crippen LogP contribution is 2.28. The number of amides is 2. The number of carbonyl (C=O) groups is 2. The molecule has 7 heteroatoms. The molecule has 2 aliphatic rings. The fourth-order valence-corrected chi connectivity index (χ4v) is 4.06. The first-order valence-electron chi connectivity index (χ1n) is 9.92. The van der Waals surface area contributed by atoms with E-state index in [1.165, 1.54) is 19.3 Å². The number of hydrogen-bond acceptors (Lipinski definition) is 4. The van der Waals surface area contributed by atoms with Gasteiger partial charge < -0.3 is 20.1 Å². The number of morpholine rings is 1. The average molecular weight is 370 g/mol. The van der Waals surface area contributed by atoms with Crippen molar-refractivity contribution < 1.29 is 19.4 Å². The van der Waals surface area contributed by atoms with E-state index in [-0.39, 0.29) is 24.7 Å². The molecule has 1 heterocycles. The average Bonchev–Trinajstić information content (AvgIpc) is 2.80. The minimum absolute atomic E-state index is 0.00724. The van der Waals surface area contributed by atoms with Crippen LogP contribution in [0.2, 0.25) is 0 Å². The molecule has 2 fully saturated rings. The molecule has 2 amide bonds. The highest BCUT2D eigenvalue weighted by Gasteiger charge is 2.28. The Balaban J connectivity index is 1.78. The van der Waals surface area contributed by atoms with Crippen molar-refractivity contribution in [2.75, 3.05) is 39.8 Å². The number of hydrogen-bond donors (Lipinski definition) is 2. The summed E-state index contributed by atoms with van der Waals surface area (Å²) in [5.74, 6) is 0.632. The maximum atomic E-state index is 12.7. The largest absolute Gasteiger partial charge is 0.480 e. The van der Waals surface area contributed by atoms with Crippen LogP contribution in [0.1, 0.15) is 46.0 Å². The van der Waals surface area contributed by atoms with Crippen LogP contribution in [0.5, 0.6) is 0 Å². The number of nitrogens with zero attached hydrogens (tertiary/aromatic N) is 2. The molecule has 3 unspecified atom stereocenters. The van der Waals surface area contributed by atoms with Crippen LogP contribution in [-0.4, -0.2) is 78.9 Å². The highest BCUT2D eigenvalue weighted by atomic mass is 16.5. The lowest BCUT2D eigenvalue weighted by Gasteiger charge is -2.35. The van der Waals surface area contributed by atoms with E-state index in [0.29, 0.717) is 32.2 Å². The van der Waals surface area contributed by atoms with E-state index in [4.69, 9.17) is 9.84 Å². The zero-order valence-corrected chi connectivity index (χ0v) is 16.4. The van der Waals surface area contributed by atoms with E-state index in [1.807, 2.05) is 4.90 Å². The van der Waals surface area contributed by atoms with E-state index in [9.17, 15) is 9.59 Å². The van der Waals surface area contributed by atoms with Gasteiger partial charge in [-0.1, -0.05) is 26.7 Å². The molecule has 0 aromatic carbocycles. The summed E-state index contributed by atoms with van der Waals surface area (Å²) in [6, 6.07) is 0.259. The van der Waals surface area contributed by atoms with Gasteiger partial charge in [0.05, 0.1) is 19.3 Å². The van der Waals surface area contributed by atoms with Crippen molar-refractivity contribution >= 4 is 12.0 Å². The fraction of sp³-hybridized carbons (Fsp3) is 0.895. The van der Waals surface area contributed by atoms with Crippen molar-refractivity contribution in [3.63, 3.8) is 0 Å². The number of aliphatic carboxylic acids is 1. The third-order valence-electron chi connectivity index (χ3n) is 5.63. The molecular weight excluding hydrogens is 334 g/mol. The lowest BCUT2D eigenvalue weighted by Crippen LogP contribution is -2.53. The van der Waals surface area contributed by atoms with Crippen molar-refractivity contribution in [1.29, 1.82) is 0 Å². The van der Waals surface area contributed by atoms with Crippen LogP contribution in [0.15, 0.2) is 0 Å². The summed E-state index contributed by atoms with van der Waals surface area (Å²) in [6.45, 7) is 6.67. The van der Waals surface area contributed by atoms with Gasteiger partial charge in [-0.05, 0) is 38.1 Å².